The molecule has 0 atom stereocenters. The monoisotopic (exact) mass is 374 g/mol. The first kappa shape index (κ1) is 17.7. The van der Waals surface area contributed by atoms with Crippen LogP contribution >= 0.6 is 0 Å². The van der Waals surface area contributed by atoms with Gasteiger partial charge in [-0.25, -0.2) is 4.98 Å². The lowest BCUT2D eigenvalue weighted by molar-refractivity contribution is -0.384. The first-order valence-electron chi connectivity index (χ1n) is 8.95. The van der Waals surface area contributed by atoms with Crippen molar-refractivity contribution in [2.75, 3.05) is 16.8 Å². The van der Waals surface area contributed by atoms with Crippen molar-refractivity contribution in [2.45, 2.75) is 13.0 Å². The molecule has 28 heavy (non-hydrogen) atoms. The molecule has 0 saturated heterocycles. The lowest BCUT2D eigenvalue weighted by Gasteiger charge is -2.19. The zero-order chi connectivity index (χ0) is 19.5. The number of aromatic nitrogens is 1. The maximum atomic E-state index is 13.1. The highest BCUT2D eigenvalue weighted by Crippen LogP contribution is 2.30. The molecule has 140 valence electrons. The highest BCUT2D eigenvalue weighted by Gasteiger charge is 2.26. The summed E-state index contributed by atoms with van der Waals surface area (Å²) in [5.41, 5.74) is 3.52. The third kappa shape index (κ3) is 3.42. The minimum atomic E-state index is -0.430. The Balaban J connectivity index is 1.52. The largest absolute Gasteiger partial charge is 0.365 e. The number of carbonyl (C=O) groups is 1. The predicted octanol–water partition coefficient (Wildman–Crippen LogP) is 3.80. The number of hydrogen-bond acceptors (Lipinski definition) is 5. The van der Waals surface area contributed by atoms with Crippen LogP contribution in [-0.2, 0) is 13.0 Å². The highest BCUT2D eigenvalue weighted by atomic mass is 16.6. The van der Waals surface area contributed by atoms with Gasteiger partial charge < -0.3 is 10.2 Å². The van der Waals surface area contributed by atoms with Crippen LogP contribution in [0.1, 0.15) is 21.5 Å². The molecule has 1 aliphatic heterocycles. The fraction of sp³-hybridized carbons (Fsp3) is 0.143. The molecule has 3 aromatic rings. The van der Waals surface area contributed by atoms with Gasteiger partial charge in [0.05, 0.1) is 10.5 Å². The van der Waals surface area contributed by atoms with Crippen molar-refractivity contribution in [3.8, 4) is 0 Å². The third-order valence-electron chi connectivity index (χ3n) is 4.78. The summed E-state index contributed by atoms with van der Waals surface area (Å²) < 4.78 is 0. The molecule has 1 amide bonds. The van der Waals surface area contributed by atoms with Gasteiger partial charge in [-0.1, -0.05) is 30.3 Å². The molecule has 0 aliphatic carbocycles. The number of nitrogens with one attached hydrogen (secondary N) is 1. The van der Waals surface area contributed by atoms with Crippen LogP contribution in [-0.4, -0.2) is 22.4 Å². The SMILES string of the molecule is O=C(c1cccnc1NCc1ccc([N+](=O)[O-])cc1)N1CCc2ccccc21. The third-order valence-corrected chi connectivity index (χ3v) is 4.78. The van der Waals surface area contributed by atoms with E-state index in [1.165, 1.54) is 17.7 Å². The van der Waals surface area contributed by atoms with Crippen molar-refractivity contribution in [1.82, 2.24) is 4.98 Å². The Morgan fingerprint density at radius 3 is 2.68 bits per heavy atom. The van der Waals surface area contributed by atoms with Crippen molar-refractivity contribution in [3.05, 3.63) is 93.7 Å². The van der Waals surface area contributed by atoms with Crippen LogP contribution in [0.5, 0.6) is 0 Å². The van der Waals surface area contributed by atoms with Crippen LogP contribution in [0.4, 0.5) is 17.2 Å². The Labute approximate surface area is 161 Å². The number of benzene rings is 2. The second kappa shape index (κ2) is 7.48. The molecule has 2 heterocycles. The number of nitro groups is 1. The number of pyridine rings is 1. The van der Waals surface area contributed by atoms with Gasteiger partial charge in [0, 0.05) is 37.1 Å². The van der Waals surface area contributed by atoms with Gasteiger partial charge in [-0.05, 0) is 35.7 Å². The summed E-state index contributed by atoms with van der Waals surface area (Å²) >= 11 is 0. The number of nitrogens with zero attached hydrogens (tertiary/aromatic N) is 3. The minimum absolute atomic E-state index is 0.0464. The van der Waals surface area contributed by atoms with Gasteiger partial charge in [-0.2, -0.15) is 0 Å². The van der Waals surface area contributed by atoms with Gasteiger partial charge in [0.25, 0.3) is 11.6 Å². The highest BCUT2D eigenvalue weighted by molar-refractivity contribution is 6.10. The number of rotatable bonds is 5. The molecule has 0 fully saturated rings. The predicted molar refractivity (Wildman–Crippen MR) is 106 cm³/mol. The average Bonchev–Trinajstić information content (AvgIpc) is 3.16. The van der Waals surface area contributed by atoms with Gasteiger partial charge >= 0.3 is 0 Å². The van der Waals surface area contributed by atoms with Gasteiger partial charge in [0.2, 0.25) is 0 Å². The van der Waals surface area contributed by atoms with Crippen LogP contribution in [0.25, 0.3) is 0 Å². The first-order valence-corrected chi connectivity index (χ1v) is 8.95. The normalized spacial score (nSPS) is 12.5. The molecular weight excluding hydrogens is 356 g/mol. The number of carbonyl (C=O) groups excluding carboxylic acids is 1. The van der Waals surface area contributed by atoms with Crippen molar-refractivity contribution in [3.63, 3.8) is 0 Å². The van der Waals surface area contributed by atoms with Crippen molar-refractivity contribution >= 4 is 23.1 Å². The number of nitro benzene ring substituents is 1. The average molecular weight is 374 g/mol. The zero-order valence-corrected chi connectivity index (χ0v) is 15.0. The Morgan fingerprint density at radius 2 is 1.89 bits per heavy atom. The van der Waals surface area contributed by atoms with E-state index in [2.05, 4.69) is 10.3 Å². The lowest BCUT2D eigenvalue weighted by Crippen LogP contribution is -2.29. The van der Waals surface area contributed by atoms with Gasteiger partial charge in [0.15, 0.2) is 0 Å². The molecule has 4 rings (SSSR count). The lowest BCUT2D eigenvalue weighted by atomic mass is 10.1. The summed E-state index contributed by atoms with van der Waals surface area (Å²) in [5.74, 6) is 0.402. The Hall–Kier alpha value is -3.74. The van der Waals surface area contributed by atoms with Crippen LogP contribution in [0.3, 0.4) is 0 Å². The number of para-hydroxylation sites is 1. The molecule has 0 spiro atoms. The summed E-state index contributed by atoms with van der Waals surface area (Å²) in [7, 11) is 0. The van der Waals surface area contributed by atoms with E-state index in [1.807, 2.05) is 24.3 Å². The van der Waals surface area contributed by atoms with E-state index < -0.39 is 4.92 Å². The number of hydrogen-bond donors (Lipinski definition) is 1. The number of fused-ring (bicyclic) bond motifs is 1. The Bertz CT molecular complexity index is 1030. The fourth-order valence-electron chi connectivity index (χ4n) is 3.33. The second-order valence-electron chi connectivity index (χ2n) is 6.51. The summed E-state index contributed by atoms with van der Waals surface area (Å²) in [6, 6.07) is 17.7. The molecule has 1 aliphatic rings. The van der Waals surface area contributed by atoms with E-state index in [0.29, 0.717) is 24.5 Å². The molecule has 0 saturated carbocycles. The van der Waals surface area contributed by atoms with Crippen molar-refractivity contribution in [1.29, 1.82) is 0 Å². The molecule has 0 unspecified atom stereocenters. The molecule has 7 heteroatoms. The van der Waals surface area contributed by atoms with Crippen molar-refractivity contribution in [2.24, 2.45) is 0 Å². The van der Waals surface area contributed by atoms with E-state index in [9.17, 15) is 14.9 Å². The van der Waals surface area contributed by atoms with Crippen molar-refractivity contribution < 1.29 is 9.72 Å². The van der Waals surface area contributed by atoms with E-state index in [1.54, 1.807) is 35.4 Å². The quantitative estimate of drug-likeness (QED) is 0.542. The molecule has 7 nitrogen and oxygen atoms in total. The molecule has 0 bridgehead atoms. The minimum Gasteiger partial charge on any atom is -0.365 e. The second-order valence-corrected chi connectivity index (χ2v) is 6.51. The Morgan fingerprint density at radius 1 is 1.11 bits per heavy atom. The van der Waals surface area contributed by atoms with E-state index >= 15 is 0 Å². The summed E-state index contributed by atoms with van der Waals surface area (Å²) in [6.07, 6.45) is 2.47. The summed E-state index contributed by atoms with van der Waals surface area (Å²) in [6.45, 7) is 1.06. The van der Waals surface area contributed by atoms with Crippen LogP contribution in [0.15, 0.2) is 66.9 Å². The molecule has 1 N–H and O–H groups in total. The van der Waals surface area contributed by atoms with Gasteiger partial charge in [0.1, 0.15) is 5.82 Å². The van der Waals surface area contributed by atoms with E-state index in [0.717, 1.165) is 17.7 Å². The standard InChI is InChI=1S/C21H18N4O3/c26-21(24-13-11-16-4-1-2-6-19(16)24)18-5-3-12-22-20(18)23-14-15-7-9-17(10-8-15)25(27)28/h1-10,12H,11,13-14H2,(H,22,23). The van der Waals surface area contributed by atoms with Gasteiger partial charge in [-0.3, -0.25) is 14.9 Å². The van der Waals surface area contributed by atoms with E-state index in [4.69, 9.17) is 0 Å². The first-order chi connectivity index (χ1) is 13.6. The molecular formula is C21H18N4O3. The number of amides is 1. The summed E-state index contributed by atoms with van der Waals surface area (Å²) in [5, 5.41) is 13.9. The molecule has 1 aromatic heterocycles. The number of non-ortho nitro benzene ring substituents is 1. The smallest absolute Gasteiger partial charge is 0.269 e. The summed E-state index contributed by atoms with van der Waals surface area (Å²) in [4.78, 5) is 29.6. The van der Waals surface area contributed by atoms with Gasteiger partial charge in [-0.15, -0.1) is 0 Å². The van der Waals surface area contributed by atoms with Crippen LogP contribution < -0.4 is 10.2 Å². The maximum Gasteiger partial charge on any atom is 0.269 e. The maximum absolute atomic E-state index is 13.1. The zero-order valence-electron chi connectivity index (χ0n) is 15.0. The molecule has 2 aromatic carbocycles. The fourth-order valence-corrected chi connectivity index (χ4v) is 3.33. The topological polar surface area (TPSA) is 88.4 Å². The Kier molecular flexibility index (Phi) is 4.72. The van der Waals surface area contributed by atoms with Crippen LogP contribution in [0, 0.1) is 10.1 Å². The molecule has 0 radical (unpaired) electrons. The number of anilines is 2. The van der Waals surface area contributed by atoms with E-state index in [-0.39, 0.29) is 11.6 Å². The van der Waals surface area contributed by atoms with Crippen LogP contribution in [0.2, 0.25) is 0 Å².